The molecule has 1 aliphatic heterocycles. The quantitative estimate of drug-likeness (QED) is 0.531. The van der Waals surface area contributed by atoms with Gasteiger partial charge in [0.25, 0.3) is 5.91 Å². The van der Waals surface area contributed by atoms with E-state index >= 15 is 0 Å². The van der Waals surface area contributed by atoms with Crippen molar-refractivity contribution < 1.29 is 4.79 Å². The number of amides is 1. The molecule has 1 aliphatic rings. The predicted octanol–water partition coefficient (Wildman–Crippen LogP) is 3.09. The Morgan fingerprint density at radius 3 is 2.53 bits per heavy atom. The molecule has 7 heteroatoms. The van der Waals surface area contributed by atoms with Gasteiger partial charge in [-0.2, -0.15) is 0 Å². The number of pyridine rings is 2. The van der Waals surface area contributed by atoms with E-state index < -0.39 is 0 Å². The maximum Gasteiger partial charge on any atom is 0.255 e. The highest BCUT2D eigenvalue weighted by molar-refractivity contribution is 5.96. The van der Waals surface area contributed by atoms with E-state index in [0.717, 1.165) is 35.5 Å². The first-order chi connectivity index (χ1) is 14.7. The summed E-state index contributed by atoms with van der Waals surface area (Å²) in [6, 6.07) is 13.8. The van der Waals surface area contributed by atoms with Crippen LogP contribution in [0, 0.1) is 6.92 Å². The van der Waals surface area contributed by atoms with Crippen LogP contribution >= 0.6 is 0 Å². The molecule has 0 N–H and O–H groups in total. The first-order valence-electron chi connectivity index (χ1n) is 10.0. The van der Waals surface area contributed by atoms with Gasteiger partial charge in [-0.05, 0) is 36.8 Å². The van der Waals surface area contributed by atoms with Gasteiger partial charge >= 0.3 is 0 Å². The van der Waals surface area contributed by atoms with E-state index in [4.69, 9.17) is 0 Å². The third-order valence-electron chi connectivity index (χ3n) is 5.57. The molecule has 0 saturated carbocycles. The van der Waals surface area contributed by atoms with Crippen molar-refractivity contribution in [3.8, 4) is 5.69 Å². The number of fused-ring (bicyclic) bond motifs is 1. The van der Waals surface area contributed by atoms with Crippen molar-refractivity contribution in [3.63, 3.8) is 0 Å². The Morgan fingerprint density at radius 2 is 1.77 bits per heavy atom. The summed E-state index contributed by atoms with van der Waals surface area (Å²) in [5, 5.41) is 0. The van der Waals surface area contributed by atoms with Crippen LogP contribution in [0.4, 0.5) is 5.69 Å². The van der Waals surface area contributed by atoms with Crippen LogP contribution in [0.3, 0.4) is 0 Å². The summed E-state index contributed by atoms with van der Waals surface area (Å²) in [5.41, 5.74) is 5.38. The minimum atomic E-state index is 0.00441. The standard InChI is InChI=1S/C23H22N6O/c1-17-14-24-8-7-21(17)27-9-11-28(12-10-27)23(30)18-13-20-22(25-15-18)29(16-26-20)19-5-3-2-4-6-19/h2-8,13-16H,9-12H2,1H3. The topological polar surface area (TPSA) is 67.2 Å². The number of hydrogen-bond acceptors (Lipinski definition) is 5. The van der Waals surface area contributed by atoms with E-state index in [-0.39, 0.29) is 5.91 Å². The van der Waals surface area contributed by atoms with Gasteiger partial charge < -0.3 is 9.80 Å². The molecule has 4 aromatic rings. The lowest BCUT2D eigenvalue weighted by molar-refractivity contribution is 0.0746. The molecule has 0 atom stereocenters. The van der Waals surface area contributed by atoms with Crippen molar-refractivity contribution >= 4 is 22.8 Å². The van der Waals surface area contributed by atoms with Crippen molar-refractivity contribution in [1.29, 1.82) is 0 Å². The molecule has 0 radical (unpaired) electrons. The van der Waals surface area contributed by atoms with E-state index in [1.54, 1.807) is 12.5 Å². The number of rotatable bonds is 3. The number of nitrogens with zero attached hydrogens (tertiary/aromatic N) is 6. The van der Waals surface area contributed by atoms with Crippen LogP contribution in [0.5, 0.6) is 0 Å². The Hall–Kier alpha value is -3.74. The number of aryl methyl sites for hydroxylation is 1. The molecule has 1 fully saturated rings. The van der Waals surface area contributed by atoms with E-state index in [2.05, 4.69) is 26.8 Å². The molecule has 1 saturated heterocycles. The van der Waals surface area contributed by atoms with Gasteiger partial charge in [0.05, 0.1) is 5.56 Å². The lowest BCUT2D eigenvalue weighted by Gasteiger charge is -2.36. The van der Waals surface area contributed by atoms with Crippen molar-refractivity contribution in [2.75, 3.05) is 31.1 Å². The van der Waals surface area contributed by atoms with Crippen molar-refractivity contribution in [1.82, 2.24) is 24.4 Å². The van der Waals surface area contributed by atoms with Crippen LogP contribution in [0.1, 0.15) is 15.9 Å². The zero-order valence-corrected chi connectivity index (χ0v) is 16.8. The molecule has 4 heterocycles. The van der Waals surface area contributed by atoms with Crippen molar-refractivity contribution in [2.24, 2.45) is 0 Å². The van der Waals surface area contributed by atoms with Gasteiger partial charge in [0.2, 0.25) is 0 Å². The monoisotopic (exact) mass is 398 g/mol. The van der Waals surface area contributed by atoms with Gasteiger partial charge in [-0.15, -0.1) is 0 Å². The molecule has 3 aromatic heterocycles. The molecule has 0 aliphatic carbocycles. The molecule has 5 rings (SSSR count). The lowest BCUT2D eigenvalue weighted by atomic mass is 10.2. The fourth-order valence-corrected chi connectivity index (χ4v) is 3.95. The number of anilines is 1. The second kappa shape index (κ2) is 7.59. The molecule has 150 valence electrons. The zero-order valence-electron chi connectivity index (χ0n) is 16.8. The van der Waals surface area contributed by atoms with E-state index in [9.17, 15) is 4.79 Å². The van der Waals surface area contributed by atoms with Crippen LogP contribution < -0.4 is 4.90 Å². The molecule has 30 heavy (non-hydrogen) atoms. The first kappa shape index (κ1) is 18.3. The minimum absolute atomic E-state index is 0.00441. The van der Waals surface area contributed by atoms with Gasteiger partial charge in [-0.25, -0.2) is 9.97 Å². The lowest BCUT2D eigenvalue weighted by Crippen LogP contribution is -2.49. The van der Waals surface area contributed by atoms with Gasteiger partial charge in [-0.1, -0.05) is 18.2 Å². The van der Waals surface area contributed by atoms with Crippen LogP contribution in [0.15, 0.2) is 67.4 Å². The summed E-state index contributed by atoms with van der Waals surface area (Å²) in [6.07, 6.45) is 7.10. The highest BCUT2D eigenvalue weighted by atomic mass is 16.2. The smallest absolute Gasteiger partial charge is 0.255 e. The Kier molecular flexibility index (Phi) is 4.63. The first-order valence-corrected chi connectivity index (χ1v) is 10.0. The largest absolute Gasteiger partial charge is 0.368 e. The number of imidazole rings is 1. The molecule has 0 unspecified atom stereocenters. The predicted molar refractivity (Wildman–Crippen MR) is 116 cm³/mol. The summed E-state index contributed by atoms with van der Waals surface area (Å²) >= 11 is 0. The number of piperazine rings is 1. The van der Waals surface area contributed by atoms with E-state index in [0.29, 0.717) is 18.7 Å². The summed E-state index contributed by atoms with van der Waals surface area (Å²) < 4.78 is 1.93. The van der Waals surface area contributed by atoms with Crippen LogP contribution in [-0.4, -0.2) is 56.5 Å². The molecule has 7 nitrogen and oxygen atoms in total. The Morgan fingerprint density at radius 1 is 0.967 bits per heavy atom. The molecular weight excluding hydrogens is 376 g/mol. The fraction of sp³-hybridized carbons (Fsp3) is 0.217. The van der Waals surface area contributed by atoms with Crippen LogP contribution in [-0.2, 0) is 0 Å². The molecule has 1 amide bonds. The Balaban J connectivity index is 1.33. The molecule has 0 bridgehead atoms. The number of aromatic nitrogens is 4. The van der Waals surface area contributed by atoms with Crippen molar-refractivity contribution in [2.45, 2.75) is 6.92 Å². The number of carbonyl (C=O) groups excluding carboxylic acids is 1. The van der Waals surface area contributed by atoms with Gasteiger partial charge in [0.1, 0.15) is 11.8 Å². The normalized spacial score (nSPS) is 14.3. The Bertz CT molecular complexity index is 1190. The highest BCUT2D eigenvalue weighted by Gasteiger charge is 2.24. The molecule has 1 aromatic carbocycles. The van der Waals surface area contributed by atoms with E-state index in [1.165, 1.54) is 5.69 Å². The zero-order chi connectivity index (χ0) is 20.5. The van der Waals surface area contributed by atoms with Gasteiger partial charge in [-0.3, -0.25) is 14.3 Å². The third kappa shape index (κ3) is 3.28. The van der Waals surface area contributed by atoms with Gasteiger partial charge in [0, 0.05) is 56.1 Å². The highest BCUT2D eigenvalue weighted by Crippen LogP contribution is 2.22. The average Bonchev–Trinajstić information content (AvgIpc) is 3.23. The van der Waals surface area contributed by atoms with E-state index in [1.807, 2.05) is 64.3 Å². The maximum absolute atomic E-state index is 13.1. The molecule has 0 spiro atoms. The second-order valence-electron chi connectivity index (χ2n) is 7.46. The summed E-state index contributed by atoms with van der Waals surface area (Å²) in [7, 11) is 0. The number of hydrogen-bond donors (Lipinski definition) is 0. The van der Waals surface area contributed by atoms with Crippen LogP contribution in [0.2, 0.25) is 0 Å². The third-order valence-corrected chi connectivity index (χ3v) is 5.57. The summed E-state index contributed by atoms with van der Waals surface area (Å²) in [6.45, 7) is 5.02. The summed E-state index contributed by atoms with van der Waals surface area (Å²) in [4.78, 5) is 30.4. The summed E-state index contributed by atoms with van der Waals surface area (Å²) in [5.74, 6) is 0.00441. The fourth-order valence-electron chi connectivity index (χ4n) is 3.95. The van der Waals surface area contributed by atoms with Crippen molar-refractivity contribution in [3.05, 3.63) is 78.5 Å². The second-order valence-corrected chi connectivity index (χ2v) is 7.46. The number of carbonyl (C=O) groups is 1. The van der Waals surface area contributed by atoms with Crippen LogP contribution in [0.25, 0.3) is 16.9 Å². The average molecular weight is 398 g/mol. The Labute approximate surface area is 174 Å². The number of benzene rings is 1. The SMILES string of the molecule is Cc1cnccc1N1CCN(C(=O)c2cnc3c(c2)ncn3-c2ccccc2)CC1. The minimum Gasteiger partial charge on any atom is -0.368 e. The number of para-hydroxylation sites is 1. The van der Waals surface area contributed by atoms with Gasteiger partial charge in [0.15, 0.2) is 5.65 Å². The molecular formula is C23H22N6O. The maximum atomic E-state index is 13.1.